The Labute approximate surface area is 139 Å². The maximum atomic E-state index is 12.2. The Morgan fingerprint density at radius 2 is 2.43 bits per heavy atom. The number of carbonyl (C=O) groups excluding carboxylic acids is 2. The van der Waals surface area contributed by atoms with Gasteiger partial charge < -0.3 is 21.2 Å². The highest BCUT2D eigenvalue weighted by Gasteiger charge is 2.49. The average molecular weight is 351 g/mol. The van der Waals surface area contributed by atoms with Gasteiger partial charge in [-0.25, -0.2) is 4.98 Å². The van der Waals surface area contributed by atoms with E-state index in [2.05, 4.69) is 22.0 Å². The molecule has 1 aromatic rings. The predicted octanol–water partition coefficient (Wildman–Crippen LogP) is 0.373. The Hall–Kier alpha value is -2.33. The minimum absolute atomic E-state index is 0.168. The summed E-state index contributed by atoms with van der Waals surface area (Å²) in [7, 11) is 0. The molecular formula is C13H13N5O3S2. The molecule has 0 aliphatic carbocycles. The van der Waals surface area contributed by atoms with Gasteiger partial charge in [-0.3, -0.25) is 9.59 Å². The molecule has 10 heteroatoms. The number of nitrogen functional groups attached to an aromatic ring is 1. The van der Waals surface area contributed by atoms with Crippen LogP contribution in [0.2, 0.25) is 0 Å². The van der Waals surface area contributed by atoms with Gasteiger partial charge in [-0.15, -0.1) is 23.1 Å². The van der Waals surface area contributed by atoms with E-state index in [1.165, 1.54) is 17.1 Å². The van der Waals surface area contributed by atoms with Crippen LogP contribution >= 0.6 is 23.1 Å². The maximum absolute atomic E-state index is 12.2. The van der Waals surface area contributed by atoms with E-state index in [1.54, 1.807) is 17.2 Å². The van der Waals surface area contributed by atoms with Crippen LogP contribution in [0.25, 0.3) is 0 Å². The predicted molar refractivity (Wildman–Crippen MR) is 88.2 cm³/mol. The van der Waals surface area contributed by atoms with Gasteiger partial charge in [-0.1, -0.05) is 17.8 Å². The third-order valence-corrected chi connectivity index (χ3v) is 5.45. The van der Waals surface area contributed by atoms with Crippen LogP contribution in [0.1, 0.15) is 5.69 Å². The molecule has 1 fully saturated rings. The summed E-state index contributed by atoms with van der Waals surface area (Å²) in [6.45, 7) is 3.68. The van der Waals surface area contributed by atoms with Gasteiger partial charge in [0.1, 0.15) is 17.1 Å². The van der Waals surface area contributed by atoms with E-state index in [1.807, 2.05) is 0 Å². The van der Waals surface area contributed by atoms with Gasteiger partial charge in [-0.05, 0) is 5.57 Å². The van der Waals surface area contributed by atoms with Crippen LogP contribution in [-0.2, 0) is 9.59 Å². The second kappa shape index (κ2) is 6.05. The third kappa shape index (κ3) is 2.70. The zero-order valence-electron chi connectivity index (χ0n) is 11.8. The fourth-order valence-corrected chi connectivity index (χ4v) is 4.07. The van der Waals surface area contributed by atoms with Crippen molar-refractivity contribution in [2.75, 3.05) is 11.5 Å². The number of β-lactam (4-membered cyclic amide) rings is 1. The Morgan fingerprint density at radius 1 is 1.65 bits per heavy atom. The highest BCUT2D eigenvalue weighted by molar-refractivity contribution is 8.00. The molecule has 2 amide bonds. The van der Waals surface area contributed by atoms with Crippen LogP contribution < -0.4 is 11.1 Å². The number of nitrogens with one attached hydrogen (secondary N) is 1. The number of amides is 2. The van der Waals surface area contributed by atoms with Crippen LogP contribution in [-0.4, -0.2) is 49.8 Å². The maximum Gasteiger partial charge on any atom is 0.276 e. The number of allylic oxidation sites excluding steroid dienone is 1. The summed E-state index contributed by atoms with van der Waals surface area (Å²) < 4.78 is 0. The Balaban J connectivity index is 1.71. The highest BCUT2D eigenvalue weighted by Crippen LogP contribution is 2.36. The minimum atomic E-state index is -0.671. The molecule has 2 atom stereocenters. The van der Waals surface area contributed by atoms with E-state index in [0.29, 0.717) is 5.75 Å². The van der Waals surface area contributed by atoms with Crippen molar-refractivity contribution in [3.05, 3.63) is 35.5 Å². The van der Waals surface area contributed by atoms with Gasteiger partial charge in [-0.2, -0.15) is 0 Å². The number of nitrogens with two attached hydrogens (primary N) is 1. The van der Waals surface area contributed by atoms with Gasteiger partial charge in [0.25, 0.3) is 11.8 Å². The van der Waals surface area contributed by atoms with Crippen LogP contribution in [0.3, 0.4) is 0 Å². The summed E-state index contributed by atoms with van der Waals surface area (Å²) in [4.78, 5) is 29.8. The monoisotopic (exact) mass is 351 g/mol. The molecule has 2 aliphatic rings. The smallest absolute Gasteiger partial charge is 0.276 e. The van der Waals surface area contributed by atoms with Crippen molar-refractivity contribution in [1.82, 2.24) is 15.2 Å². The minimum Gasteiger partial charge on any atom is -0.410 e. The number of hydrogen-bond acceptors (Lipinski definition) is 8. The third-order valence-electron chi connectivity index (χ3n) is 3.43. The molecule has 1 aromatic heterocycles. The van der Waals surface area contributed by atoms with Crippen molar-refractivity contribution in [1.29, 1.82) is 0 Å². The molecule has 0 radical (unpaired) electrons. The molecule has 3 rings (SSSR count). The lowest BCUT2D eigenvalue weighted by atomic mass is 10.1. The summed E-state index contributed by atoms with van der Waals surface area (Å²) in [5, 5.41) is 16.2. The summed E-state index contributed by atoms with van der Waals surface area (Å²) in [6, 6.07) is -0.664. The first-order valence-electron chi connectivity index (χ1n) is 6.56. The molecule has 0 bridgehead atoms. The average Bonchev–Trinajstić information content (AvgIpc) is 2.98. The summed E-state index contributed by atoms with van der Waals surface area (Å²) in [5.74, 6) is -0.173. The largest absolute Gasteiger partial charge is 0.410 e. The lowest BCUT2D eigenvalue weighted by Gasteiger charge is -2.47. The summed E-state index contributed by atoms with van der Waals surface area (Å²) >= 11 is 2.66. The van der Waals surface area contributed by atoms with Crippen LogP contribution in [0.5, 0.6) is 0 Å². The number of aromatic nitrogens is 1. The van der Waals surface area contributed by atoms with Crippen molar-refractivity contribution in [3.8, 4) is 0 Å². The summed E-state index contributed by atoms with van der Waals surface area (Å²) in [5.41, 5.74) is 6.36. The molecule has 1 unspecified atom stereocenters. The standard InChI is InChI=1S/C13H13N5O3S2/c1-2-6-3-18-11(20)9(12(18)22-4-6)16-10(19)8(17-21)7-5-23-13(14)15-7/h2-3,5,9,12,21H,1,4H2,(H2,14,15)(H,16,19)/t9?,12-/m1/s1. The first-order chi connectivity index (χ1) is 11.0. The molecular weight excluding hydrogens is 338 g/mol. The number of nitrogens with zero attached hydrogens (tertiary/aromatic N) is 3. The van der Waals surface area contributed by atoms with Crippen molar-refractivity contribution >= 4 is 45.8 Å². The van der Waals surface area contributed by atoms with E-state index in [4.69, 9.17) is 10.9 Å². The zero-order chi connectivity index (χ0) is 16.6. The number of fused-ring (bicyclic) bond motifs is 1. The second-order valence-corrected chi connectivity index (χ2v) is 6.82. The van der Waals surface area contributed by atoms with Crippen molar-refractivity contribution in [3.63, 3.8) is 0 Å². The van der Waals surface area contributed by atoms with E-state index in [-0.39, 0.29) is 27.8 Å². The Kier molecular flexibility index (Phi) is 4.09. The molecule has 120 valence electrons. The molecule has 2 aliphatic heterocycles. The van der Waals surface area contributed by atoms with Gasteiger partial charge in [0.05, 0.1) is 0 Å². The second-order valence-electron chi connectivity index (χ2n) is 4.83. The highest BCUT2D eigenvalue weighted by atomic mass is 32.2. The lowest BCUT2D eigenvalue weighted by molar-refractivity contribution is -0.143. The fraction of sp³-hybridized carbons (Fsp3) is 0.231. The topological polar surface area (TPSA) is 121 Å². The van der Waals surface area contributed by atoms with E-state index in [9.17, 15) is 9.59 Å². The number of oxime groups is 1. The number of hydrogen-bond donors (Lipinski definition) is 3. The lowest BCUT2D eigenvalue weighted by Crippen LogP contribution is -2.69. The molecule has 23 heavy (non-hydrogen) atoms. The Morgan fingerprint density at radius 3 is 3.04 bits per heavy atom. The summed E-state index contributed by atoms with van der Waals surface area (Å²) in [6.07, 6.45) is 3.44. The first-order valence-corrected chi connectivity index (χ1v) is 8.49. The van der Waals surface area contributed by atoms with E-state index >= 15 is 0 Å². The van der Waals surface area contributed by atoms with E-state index < -0.39 is 11.9 Å². The first kappa shape index (κ1) is 15.6. The van der Waals surface area contributed by atoms with Crippen LogP contribution in [0.15, 0.2) is 35.0 Å². The fourth-order valence-electron chi connectivity index (χ4n) is 2.26. The normalized spacial score (nSPS) is 23.7. The molecule has 4 N–H and O–H groups in total. The molecule has 0 spiro atoms. The van der Waals surface area contributed by atoms with Crippen molar-refractivity contribution < 1.29 is 14.8 Å². The number of anilines is 1. The van der Waals surface area contributed by atoms with Crippen molar-refractivity contribution in [2.24, 2.45) is 5.16 Å². The number of thioether (sulfide) groups is 1. The number of rotatable bonds is 4. The SMILES string of the molecule is C=CC1=CN2C(=O)C(NC(=O)C(=NO)c3csc(N)n3)[C@H]2SC1. The molecule has 0 saturated carbocycles. The number of thiazole rings is 1. The van der Waals surface area contributed by atoms with Gasteiger partial charge in [0.2, 0.25) is 0 Å². The van der Waals surface area contributed by atoms with Gasteiger partial charge in [0.15, 0.2) is 10.8 Å². The molecule has 8 nitrogen and oxygen atoms in total. The molecule has 3 heterocycles. The number of carbonyl (C=O) groups is 2. The van der Waals surface area contributed by atoms with Crippen LogP contribution in [0.4, 0.5) is 5.13 Å². The molecule has 1 saturated heterocycles. The Bertz CT molecular complexity index is 742. The quantitative estimate of drug-likeness (QED) is 0.312. The van der Waals surface area contributed by atoms with Crippen LogP contribution in [0, 0.1) is 0 Å². The molecule has 0 aromatic carbocycles. The van der Waals surface area contributed by atoms with Crippen molar-refractivity contribution in [2.45, 2.75) is 11.4 Å². The van der Waals surface area contributed by atoms with Gasteiger partial charge in [0, 0.05) is 17.3 Å². The van der Waals surface area contributed by atoms with E-state index in [0.717, 1.165) is 16.9 Å². The zero-order valence-corrected chi connectivity index (χ0v) is 13.4. The van der Waals surface area contributed by atoms with Gasteiger partial charge >= 0.3 is 0 Å².